The van der Waals surface area contributed by atoms with E-state index in [1.165, 1.54) is 6.07 Å². The fraction of sp³-hybridized carbons (Fsp3) is 0. The van der Waals surface area contributed by atoms with Crippen LogP contribution in [0.25, 0.3) is 23.5 Å². The molecule has 0 N–H and O–H groups in total. The van der Waals surface area contributed by atoms with E-state index in [4.69, 9.17) is 0 Å². The maximum Gasteiger partial charge on any atom is 0.273 e. The van der Waals surface area contributed by atoms with Crippen molar-refractivity contribution >= 4 is 17.8 Å². The summed E-state index contributed by atoms with van der Waals surface area (Å²) in [6, 6.07) is 16.9. The zero-order valence-electron chi connectivity index (χ0n) is 12.8. The van der Waals surface area contributed by atoms with Gasteiger partial charge >= 0.3 is 0 Å². The van der Waals surface area contributed by atoms with Gasteiger partial charge in [0.05, 0.1) is 11.4 Å². The molecule has 0 saturated carbocycles. The number of hydrogen-bond donors (Lipinski definition) is 0. The molecule has 116 valence electrons. The van der Waals surface area contributed by atoms with E-state index >= 15 is 0 Å². The van der Waals surface area contributed by atoms with E-state index in [2.05, 4.69) is 9.97 Å². The number of benzene rings is 1. The van der Waals surface area contributed by atoms with Crippen LogP contribution in [0.1, 0.15) is 11.3 Å². The first-order valence-corrected chi connectivity index (χ1v) is 7.56. The Balaban J connectivity index is 1.77. The van der Waals surface area contributed by atoms with Gasteiger partial charge in [-0.3, -0.25) is 14.5 Å². The largest absolute Gasteiger partial charge is 0.273 e. The Kier molecular flexibility index (Phi) is 3.51. The van der Waals surface area contributed by atoms with E-state index in [1.807, 2.05) is 66.9 Å². The molecule has 0 amide bonds. The lowest BCUT2D eigenvalue weighted by atomic mass is 10.2. The molecule has 3 heterocycles. The number of rotatable bonds is 3. The van der Waals surface area contributed by atoms with E-state index in [1.54, 1.807) is 21.6 Å². The number of aromatic nitrogens is 4. The molecule has 4 rings (SSSR count). The second kappa shape index (κ2) is 5.96. The standard InChI is InChI=1S/C19H14N4O/c24-19-13-16(9-8-15-5-4-11-20-14-15)21-18-10-12-22(23(18)19)17-6-2-1-3-7-17/h1-14H. The molecular weight excluding hydrogens is 300 g/mol. The van der Waals surface area contributed by atoms with Crippen LogP contribution < -0.4 is 5.56 Å². The fourth-order valence-corrected chi connectivity index (χ4v) is 2.56. The maximum absolute atomic E-state index is 12.5. The summed E-state index contributed by atoms with van der Waals surface area (Å²) >= 11 is 0. The predicted octanol–water partition coefficient (Wildman–Crippen LogP) is 3.05. The van der Waals surface area contributed by atoms with Gasteiger partial charge in [0, 0.05) is 30.7 Å². The van der Waals surface area contributed by atoms with Gasteiger partial charge in [-0.2, -0.15) is 4.52 Å². The molecule has 0 aliphatic heterocycles. The molecule has 0 radical (unpaired) electrons. The Bertz CT molecular complexity index is 1060. The van der Waals surface area contributed by atoms with Gasteiger partial charge in [0.2, 0.25) is 0 Å². The molecule has 0 aliphatic rings. The highest BCUT2D eigenvalue weighted by Gasteiger charge is 2.06. The van der Waals surface area contributed by atoms with E-state index in [0.29, 0.717) is 11.3 Å². The highest BCUT2D eigenvalue weighted by atomic mass is 16.1. The summed E-state index contributed by atoms with van der Waals surface area (Å²) in [5.41, 5.74) is 2.97. The molecule has 0 saturated heterocycles. The number of nitrogens with zero attached hydrogens (tertiary/aromatic N) is 4. The van der Waals surface area contributed by atoms with E-state index in [9.17, 15) is 4.79 Å². The minimum absolute atomic E-state index is 0.125. The fourth-order valence-electron chi connectivity index (χ4n) is 2.56. The Labute approximate surface area is 138 Å². The summed E-state index contributed by atoms with van der Waals surface area (Å²) in [5, 5.41) is 0. The van der Waals surface area contributed by atoms with Crippen molar-refractivity contribution in [2.75, 3.05) is 0 Å². The summed E-state index contributed by atoms with van der Waals surface area (Å²) in [6.07, 6.45) is 9.03. The summed E-state index contributed by atoms with van der Waals surface area (Å²) in [6.45, 7) is 0. The minimum atomic E-state index is -0.125. The number of para-hydroxylation sites is 1. The lowest BCUT2D eigenvalue weighted by molar-refractivity contribution is 0.763. The van der Waals surface area contributed by atoms with Crippen molar-refractivity contribution < 1.29 is 0 Å². The lowest BCUT2D eigenvalue weighted by Crippen LogP contribution is -2.19. The first kappa shape index (κ1) is 14.1. The molecule has 0 fully saturated rings. The second-order valence-electron chi connectivity index (χ2n) is 5.30. The van der Waals surface area contributed by atoms with Gasteiger partial charge in [-0.25, -0.2) is 4.98 Å². The van der Waals surface area contributed by atoms with Crippen molar-refractivity contribution in [3.63, 3.8) is 0 Å². The molecular formula is C19H14N4O. The first-order valence-electron chi connectivity index (χ1n) is 7.56. The van der Waals surface area contributed by atoms with Crippen molar-refractivity contribution in [3.8, 4) is 5.69 Å². The Morgan fingerprint density at radius 2 is 1.83 bits per heavy atom. The molecule has 0 atom stereocenters. The van der Waals surface area contributed by atoms with Crippen molar-refractivity contribution in [2.24, 2.45) is 0 Å². The zero-order chi connectivity index (χ0) is 16.4. The number of fused-ring (bicyclic) bond motifs is 1. The van der Waals surface area contributed by atoms with Crippen LogP contribution >= 0.6 is 0 Å². The SMILES string of the molecule is O=c1cc(C=Cc2cccnc2)nc2ccn(-c3ccccc3)n12. The summed E-state index contributed by atoms with van der Waals surface area (Å²) in [5.74, 6) is 0. The third-order valence-electron chi connectivity index (χ3n) is 3.67. The van der Waals surface area contributed by atoms with Gasteiger partial charge in [0.1, 0.15) is 0 Å². The average Bonchev–Trinajstić information content (AvgIpc) is 3.06. The van der Waals surface area contributed by atoms with Crippen molar-refractivity contribution in [1.29, 1.82) is 0 Å². The topological polar surface area (TPSA) is 52.2 Å². The van der Waals surface area contributed by atoms with E-state index in [-0.39, 0.29) is 5.56 Å². The molecule has 1 aromatic carbocycles. The van der Waals surface area contributed by atoms with Crippen LogP contribution in [-0.2, 0) is 0 Å². The molecule has 5 nitrogen and oxygen atoms in total. The van der Waals surface area contributed by atoms with Gasteiger partial charge in [-0.05, 0) is 29.8 Å². The van der Waals surface area contributed by atoms with E-state index in [0.717, 1.165) is 11.3 Å². The number of hydrogen-bond acceptors (Lipinski definition) is 3. The molecule has 0 spiro atoms. The van der Waals surface area contributed by atoms with Crippen LogP contribution in [0.15, 0.2) is 78.0 Å². The van der Waals surface area contributed by atoms with Crippen molar-refractivity contribution in [1.82, 2.24) is 19.2 Å². The Morgan fingerprint density at radius 3 is 2.62 bits per heavy atom. The second-order valence-corrected chi connectivity index (χ2v) is 5.30. The first-order chi connectivity index (χ1) is 11.8. The van der Waals surface area contributed by atoms with Gasteiger partial charge in [-0.15, -0.1) is 0 Å². The Morgan fingerprint density at radius 1 is 0.958 bits per heavy atom. The monoisotopic (exact) mass is 314 g/mol. The molecule has 0 aliphatic carbocycles. The van der Waals surface area contributed by atoms with E-state index < -0.39 is 0 Å². The summed E-state index contributed by atoms with van der Waals surface area (Å²) < 4.78 is 3.34. The van der Waals surface area contributed by atoms with Crippen molar-refractivity contribution in [2.45, 2.75) is 0 Å². The highest BCUT2D eigenvalue weighted by molar-refractivity contribution is 5.68. The van der Waals surface area contributed by atoms with Gasteiger partial charge in [0.15, 0.2) is 5.65 Å². The average molecular weight is 314 g/mol. The third-order valence-corrected chi connectivity index (χ3v) is 3.67. The van der Waals surface area contributed by atoms with Crippen LogP contribution in [0.4, 0.5) is 0 Å². The molecule has 3 aromatic heterocycles. The minimum Gasteiger partial charge on any atom is -0.267 e. The van der Waals surface area contributed by atoms with Crippen LogP contribution in [0.2, 0.25) is 0 Å². The molecule has 5 heteroatoms. The number of pyridine rings is 1. The predicted molar refractivity (Wildman–Crippen MR) is 94.0 cm³/mol. The van der Waals surface area contributed by atoms with Gasteiger partial charge in [0.25, 0.3) is 5.56 Å². The van der Waals surface area contributed by atoms with Crippen LogP contribution in [0, 0.1) is 0 Å². The van der Waals surface area contributed by atoms with Gasteiger partial charge in [-0.1, -0.05) is 30.3 Å². The smallest absolute Gasteiger partial charge is 0.267 e. The van der Waals surface area contributed by atoms with Gasteiger partial charge < -0.3 is 0 Å². The third kappa shape index (κ3) is 2.63. The van der Waals surface area contributed by atoms with Crippen LogP contribution in [-0.4, -0.2) is 19.2 Å². The Hall–Kier alpha value is -3.47. The summed E-state index contributed by atoms with van der Waals surface area (Å²) in [7, 11) is 0. The quantitative estimate of drug-likeness (QED) is 0.584. The normalized spacial score (nSPS) is 11.3. The van der Waals surface area contributed by atoms with Crippen molar-refractivity contribution in [3.05, 3.63) is 94.8 Å². The highest BCUT2D eigenvalue weighted by Crippen LogP contribution is 2.10. The van der Waals surface area contributed by atoms with Crippen LogP contribution in [0.5, 0.6) is 0 Å². The molecule has 24 heavy (non-hydrogen) atoms. The molecule has 4 aromatic rings. The van der Waals surface area contributed by atoms with Crippen LogP contribution in [0.3, 0.4) is 0 Å². The lowest BCUT2D eigenvalue weighted by Gasteiger charge is -2.06. The maximum atomic E-state index is 12.5. The zero-order valence-corrected chi connectivity index (χ0v) is 12.8. The molecule has 0 bridgehead atoms. The molecule has 0 unspecified atom stereocenters. The summed E-state index contributed by atoms with van der Waals surface area (Å²) in [4.78, 5) is 21.1.